The number of hydrazine groups is 1. The van der Waals surface area contributed by atoms with Crippen molar-refractivity contribution in [2.24, 2.45) is 0 Å². The van der Waals surface area contributed by atoms with E-state index < -0.39 is 11.8 Å². The van der Waals surface area contributed by atoms with Crippen molar-refractivity contribution >= 4 is 40.7 Å². The van der Waals surface area contributed by atoms with Crippen molar-refractivity contribution < 1.29 is 19.1 Å². The number of amides is 3. The van der Waals surface area contributed by atoms with Crippen LogP contribution in [0.4, 0.5) is 5.69 Å². The van der Waals surface area contributed by atoms with Crippen LogP contribution in [-0.2, 0) is 4.79 Å². The van der Waals surface area contributed by atoms with E-state index in [0.717, 1.165) is 25.7 Å². The van der Waals surface area contributed by atoms with Gasteiger partial charge in [-0.3, -0.25) is 30.6 Å². The second-order valence-electron chi connectivity index (χ2n) is 8.02. The molecule has 0 saturated heterocycles. The van der Waals surface area contributed by atoms with Gasteiger partial charge in [0, 0.05) is 23.2 Å². The van der Waals surface area contributed by atoms with Gasteiger partial charge in [-0.25, -0.2) is 0 Å². The quantitative estimate of drug-likeness (QED) is 0.192. The first-order chi connectivity index (χ1) is 16.9. The normalized spacial score (nSPS) is 10.2. The van der Waals surface area contributed by atoms with Gasteiger partial charge in [0.1, 0.15) is 5.75 Å². The summed E-state index contributed by atoms with van der Waals surface area (Å²) in [5.41, 5.74) is 6.34. The van der Waals surface area contributed by atoms with Crippen molar-refractivity contribution in [3.63, 3.8) is 0 Å². The maximum atomic E-state index is 12.4. The molecular formula is C26H34N4O4S. The Labute approximate surface area is 212 Å². The number of thiocarbonyl (C=S) groups is 1. The molecule has 0 bridgehead atoms. The lowest BCUT2D eigenvalue weighted by molar-refractivity contribution is -0.116. The zero-order chi connectivity index (χ0) is 25.5. The van der Waals surface area contributed by atoms with Crippen molar-refractivity contribution in [2.45, 2.75) is 58.8 Å². The molecule has 0 saturated carbocycles. The first kappa shape index (κ1) is 27.8. The van der Waals surface area contributed by atoms with Gasteiger partial charge in [0.25, 0.3) is 11.8 Å². The molecule has 8 nitrogen and oxygen atoms in total. The van der Waals surface area contributed by atoms with E-state index >= 15 is 0 Å². The summed E-state index contributed by atoms with van der Waals surface area (Å²) in [5, 5.41) is 5.26. The molecule has 0 aliphatic rings. The van der Waals surface area contributed by atoms with Gasteiger partial charge in [0.15, 0.2) is 5.11 Å². The van der Waals surface area contributed by atoms with E-state index in [-0.39, 0.29) is 11.0 Å². The van der Waals surface area contributed by atoms with Crippen molar-refractivity contribution in [2.75, 3.05) is 11.9 Å². The first-order valence-corrected chi connectivity index (χ1v) is 12.4. The highest BCUT2D eigenvalue weighted by atomic mass is 32.1. The maximum absolute atomic E-state index is 12.4. The number of carbonyl (C=O) groups excluding carboxylic acids is 3. The predicted octanol–water partition coefficient (Wildman–Crippen LogP) is 4.72. The van der Waals surface area contributed by atoms with Gasteiger partial charge < -0.3 is 10.1 Å². The molecule has 0 radical (unpaired) electrons. The second-order valence-corrected chi connectivity index (χ2v) is 8.43. The molecule has 0 unspecified atom stereocenters. The second kappa shape index (κ2) is 15.4. The summed E-state index contributed by atoms with van der Waals surface area (Å²) in [5.74, 6) is -0.200. The van der Waals surface area contributed by atoms with E-state index in [9.17, 15) is 14.4 Å². The molecule has 0 fully saturated rings. The SMILES string of the molecule is CCCCCCOc1ccc(C(=O)NC(=S)NNC(=O)c2ccc(NC(=O)CCCC)cc2)cc1. The molecule has 35 heavy (non-hydrogen) atoms. The predicted molar refractivity (Wildman–Crippen MR) is 141 cm³/mol. The van der Waals surface area contributed by atoms with Crippen molar-refractivity contribution in [1.29, 1.82) is 0 Å². The summed E-state index contributed by atoms with van der Waals surface area (Å²) >= 11 is 5.09. The minimum Gasteiger partial charge on any atom is -0.494 e. The third kappa shape index (κ3) is 10.6. The van der Waals surface area contributed by atoms with E-state index in [1.807, 2.05) is 6.92 Å². The molecule has 0 aliphatic carbocycles. The fourth-order valence-corrected chi connectivity index (χ4v) is 3.22. The molecule has 9 heteroatoms. The Kier molecular flexibility index (Phi) is 12.3. The van der Waals surface area contributed by atoms with E-state index in [1.54, 1.807) is 48.5 Å². The van der Waals surface area contributed by atoms with Gasteiger partial charge in [0.2, 0.25) is 5.91 Å². The molecule has 2 rings (SSSR count). The fourth-order valence-electron chi connectivity index (χ4n) is 3.08. The van der Waals surface area contributed by atoms with E-state index in [1.165, 1.54) is 12.8 Å². The molecule has 0 atom stereocenters. The Balaban J connectivity index is 1.74. The molecule has 2 aromatic carbocycles. The minimum absolute atomic E-state index is 0.0422. The summed E-state index contributed by atoms with van der Waals surface area (Å²) in [6, 6.07) is 13.3. The average Bonchev–Trinajstić information content (AvgIpc) is 2.86. The van der Waals surface area contributed by atoms with Crippen LogP contribution in [0.3, 0.4) is 0 Å². The largest absolute Gasteiger partial charge is 0.494 e. The number of rotatable bonds is 12. The monoisotopic (exact) mass is 498 g/mol. The molecule has 0 heterocycles. The number of carbonyl (C=O) groups is 3. The summed E-state index contributed by atoms with van der Waals surface area (Å²) < 4.78 is 5.68. The number of unbranched alkanes of at least 4 members (excludes halogenated alkanes) is 4. The average molecular weight is 499 g/mol. The fraction of sp³-hybridized carbons (Fsp3) is 0.385. The Morgan fingerprint density at radius 3 is 2.06 bits per heavy atom. The lowest BCUT2D eigenvalue weighted by Crippen LogP contribution is -2.48. The van der Waals surface area contributed by atoms with Gasteiger partial charge in [-0.05, 0) is 73.6 Å². The smallest absolute Gasteiger partial charge is 0.269 e. The molecule has 0 aromatic heterocycles. The minimum atomic E-state index is -0.439. The van der Waals surface area contributed by atoms with Gasteiger partial charge in [-0.2, -0.15) is 0 Å². The maximum Gasteiger partial charge on any atom is 0.269 e. The Bertz CT molecular complexity index is 978. The van der Waals surface area contributed by atoms with Crippen LogP contribution in [0.5, 0.6) is 5.75 Å². The van der Waals surface area contributed by atoms with E-state index in [2.05, 4.69) is 28.4 Å². The van der Waals surface area contributed by atoms with Crippen molar-refractivity contribution in [3.8, 4) is 5.75 Å². The van der Waals surface area contributed by atoms with Crippen LogP contribution < -0.4 is 26.2 Å². The summed E-state index contributed by atoms with van der Waals surface area (Å²) in [6.45, 7) is 4.84. The molecule has 3 amide bonds. The zero-order valence-electron chi connectivity index (χ0n) is 20.3. The summed E-state index contributed by atoms with van der Waals surface area (Å²) in [7, 11) is 0. The number of ether oxygens (including phenoxy) is 1. The van der Waals surface area contributed by atoms with Crippen molar-refractivity contribution in [3.05, 3.63) is 59.7 Å². The highest BCUT2D eigenvalue weighted by Crippen LogP contribution is 2.13. The summed E-state index contributed by atoms with van der Waals surface area (Å²) in [6.07, 6.45) is 6.75. The molecular weight excluding hydrogens is 464 g/mol. The van der Waals surface area contributed by atoms with Crippen LogP contribution >= 0.6 is 12.2 Å². The van der Waals surface area contributed by atoms with Crippen LogP contribution in [0.2, 0.25) is 0 Å². The van der Waals surface area contributed by atoms with Crippen LogP contribution in [-0.4, -0.2) is 29.4 Å². The Morgan fingerprint density at radius 1 is 0.771 bits per heavy atom. The molecule has 2 aromatic rings. The van der Waals surface area contributed by atoms with Gasteiger partial charge in [-0.1, -0.05) is 39.5 Å². The number of nitrogens with one attached hydrogen (secondary N) is 4. The van der Waals surface area contributed by atoms with E-state index in [4.69, 9.17) is 17.0 Å². The number of hydrogen-bond acceptors (Lipinski definition) is 5. The third-order valence-electron chi connectivity index (χ3n) is 5.09. The highest BCUT2D eigenvalue weighted by molar-refractivity contribution is 7.80. The highest BCUT2D eigenvalue weighted by Gasteiger charge is 2.10. The van der Waals surface area contributed by atoms with Crippen LogP contribution in [0.1, 0.15) is 79.5 Å². The summed E-state index contributed by atoms with van der Waals surface area (Å²) in [4.78, 5) is 36.5. The number of hydrogen-bond donors (Lipinski definition) is 4. The zero-order valence-corrected chi connectivity index (χ0v) is 21.1. The number of anilines is 1. The van der Waals surface area contributed by atoms with Gasteiger partial charge >= 0.3 is 0 Å². The molecule has 188 valence electrons. The van der Waals surface area contributed by atoms with Gasteiger partial charge in [-0.15, -0.1) is 0 Å². The lowest BCUT2D eigenvalue weighted by Gasteiger charge is -2.12. The van der Waals surface area contributed by atoms with Crippen LogP contribution in [0.25, 0.3) is 0 Å². The topological polar surface area (TPSA) is 109 Å². The first-order valence-electron chi connectivity index (χ1n) is 12.0. The molecule has 0 spiro atoms. The van der Waals surface area contributed by atoms with Crippen LogP contribution in [0, 0.1) is 0 Å². The Hall–Kier alpha value is -3.46. The molecule has 0 aliphatic heterocycles. The van der Waals surface area contributed by atoms with E-state index in [0.29, 0.717) is 35.6 Å². The third-order valence-corrected chi connectivity index (χ3v) is 5.29. The number of benzene rings is 2. The van der Waals surface area contributed by atoms with Gasteiger partial charge in [0.05, 0.1) is 6.61 Å². The van der Waals surface area contributed by atoms with Crippen LogP contribution in [0.15, 0.2) is 48.5 Å². The lowest BCUT2D eigenvalue weighted by atomic mass is 10.2. The standard InChI is InChI=1S/C26H34N4O4S/c1-3-5-7-8-18-34-22-16-12-19(13-17-22)24(32)28-26(35)30-29-25(33)20-10-14-21(15-11-20)27-23(31)9-6-4-2/h10-17H,3-9,18H2,1-2H3,(H,27,31)(H,29,33)(H2,28,30,32,35). The Morgan fingerprint density at radius 2 is 1.40 bits per heavy atom. The van der Waals surface area contributed by atoms with Crippen molar-refractivity contribution in [1.82, 2.24) is 16.2 Å². The molecule has 4 N–H and O–H groups in total.